The van der Waals surface area contributed by atoms with Crippen LogP contribution in [0.3, 0.4) is 0 Å². The standard InChI is InChI=1S/C14H16S/c1-2-6-11(7-3-1)10-15-14-12-8-4-5-9-13(12)14/h1-3,6-7,12H,4-5,8-10H2. The summed E-state index contributed by atoms with van der Waals surface area (Å²) < 4.78 is 0. The molecular weight excluding hydrogens is 200 g/mol. The third-order valence-corrected chi connectivity index (χ3v) is 4.73. The molecule has 0 bridgehead atoms. The van der Waals surface area contributed by atoms with Crippen molar-refractivity contribution in [2.24, 2.45) is 5.92 Å². The van der Waals surface area contributed by atoms with E-state index in [2.05, 4.69) is 42.1 Å². The molecule has 0 amide bonds. The number of fused-ring (bicyclic) bond motifs is 1. The van der Waals surface area contributed by atoms with Gasteiger partial charge in [0.25, 0.3) is 0 Å². The first-order valence-corrected chi connectivity index (χ1v) is 6.83. The van der Waals surface area contributed by atoms with Gasteiger partial charge in [0, 0.05) is 11.7 Å². The molecule has 15 heavy (non-hydrogen) atoms. The molecule has 0 spiro atoms. The molecule has 1 unspecified atom stereocenters. The van der Waals surface area contributed by atoms with Crippen LogP contribution in [0.5, 0.6) is 0 Å². The van der Waals surface area contributed by atoms with Gasteiger partial charge >= 0.3 is 0 Å². The van der Waals surface area contributed by atoms with E-state index < -0.39 is 0 Å². The van der Waals surface area contributed by atoms with Crippen molar-refractivity contribution in [2.75, 3.05) is 0 Å². The molecule has 1 saturated carbocycles. The summed E-state index contributed by atoms with van der Waals surface area (Å²) in [6.07, 6.45) is 5.71. The lowest BCUT2D eigenvalue weighted by molar-refractivity contribution is 0.583. The number of hydrogen-bond donors (Lipinski definition) is 0. The average molecular weight is 216 g/mol. The summed E-state index contributed by atoms with van der Waals surface area (Å²) in [5.41, 5.74) is 3.25. The van der Waals surface area contributed by atoms with Gasteiger partial charge in [-0.2, -0.15) is 0 Å². The molecule has 1 atom stereocenters. The summed E-state index contributed by atoms with van der Waals surface area (Å²) in [6, 6.07) is 10.8. The first-order chi connectivity index (χ1) is 7.45. The van der Waals surface area contributed by atoms with E-state index >= 15 is 0 Å². The van der Waals surface area contributed by atoms with Gasteiger partial charge in [0.05, 0.1) is 0 Å². The lowest BCUT2D eigenvalue weighted by Gasteiger charge is -2.06. The average Bonchev–Trinajstić information content (AvgIpc) is 3.01. The quantitative estimate of drug-likeness (QED) is 0.722. The fourth-order valence-corrected chi connectivity index (χ4v) is 3.84. The van der Waals surface area contributed by atoms with Gasteiger partial charge in [-0.25, -0.2) is 0 Å². The van der Waals surface area contributed by atoms with Crippen molar-refractivity contribution in [1.29, 1.82) is 0 Å². The van der Waals surface area contributed by atoms with Crippen molar-refractivity contribution in [1.82, 2.24) is 0 Å². The molecule has 1 aromatic rings. The largest absolute Gasteiger partial charge is 0.125 e. The Kier molecular flexibility index (Phi) is 2.57. The second-order valence-corrected chi connectivity index (χ2v) is 5.48. The molecule has 78 valence electrons. The highest BCUT2D eigenvalue weighted by molar-refractivity contribution is 8.02. The van der Waals surface area contributed by atoms with Crippen LogP contribution < -0.4 is 0 Å². The number of rotatable bonds is 3. The Labute approximate surface area is 95.8 Å². The van der Waals surface area contributed by atoms with Crippen LogP contribution in [-0.4, -0.2) is 0 Å². The highest BCUT2D eigenvalue weighted by Crippen LogP contribution is 2.55. The lowest BCUT2D eigenvalue weighted by Crippen LogP contribution is -1.91. The Bertz CT molecular complexity index is 378. The zero-order chi connectivity index (χ0) is 10.1. The molecule has 0 radical (unpaired) electrons. The van der Waals surface area contributed by atoms with Crippen LogP contribution in [0, 0.1) is 5.92 Å². The third-order valence-electron chi connectivity index (χ3n) is 3.40. The van der Waals surface area contributed by atoms with Gasteiger partial charge in [-0.3, -0.25) is 0 Å². The topological polar surface area (TPSA) is 0 Å². The Balaban J connectivity index is 1.58. The maximum atomic E-state index is 2.23. The molecule has 0 N–H and O–H groups in total. The van der Waals surface area contributed by atoms with Gasteiger partial charge in [-0.1, -0.05) is 42.3 Å². The maximum Gasteiger partial charge on any atom is 0.0228 e. The molecule has 1 heteroatoms. The minimum Gasteiger partial charge on any atom is -0.125 e. The van der Waals surface area contributed by atoms with Gasteiger partial charge in [0.15, 0.2) is 0 Å². The van der Waals surface area contributed by atoms with E-state index in [1.165, 1.54) is 31.2 Å². The number of thioether (sulfide) groups is 1. The first kappa shape index (κ1) is 9.53. The summed E-state index contributed by atoms with van der Waals surface area (Å²) in [7, 11) is 0. The summed E-state index contributed by atoms with van der Waals surface area (Å²) in [5.74, 6) is 2.09. The monoisotopic (exact) mass is 216 g/mol. The summed E-state index contributed by atoms with van der Waals surface area (Å²) in [5, 5.41) is 0. The second-order valence-electron chi connectivity index (χ2n) is 4.46. The molecule has 0 aromatic heterocycles. The van der Waals surface area contributed by atoms with Crippen LogP contribution >= 0.6 is 11.8 Å². The summed E-state index contributed by atoms with van der Waals surface area (Å²) >= 11 is 2.08. The first-order valence-electron chi connectivity index (χ1n) is 5.85. The molecule has 3 rings (SSSR count). The van der Waals surface area contributed by atoms with Crippen molar-refractivity contribution in [3.63, 3.8) is 0 Å². The van der Waals surface area contributed by atoms with Gasteiger partial charge < -0.3 is 0 Å². The molecule has 0 aliphatic heterocycles. The van der Waals surface area contributed by atoms with Gasteiger partial charge in [-0.15, -0.1) is 11.8 Å². The molecule has 0 saturated heterocycles. The molecule has 2 aliphatic carbocycles. The van der Waals surface area contributed by atoms with Gasteiger partial charge in [0.1, 0.15) is 0 Å². The Morgan fingerprint density at radius 2 is 2.00 bits per heavy atom. The van der Waals surface area contributed by atoms with Crippen LogP contribution in [0.2, 0.25) is 0 Å². The minimum absolute atomic E-state index is 0.924. The van der Waals surface area contributed by atoms with Crippen LogP contribution in [0.4, 0.5) is 0 Å². The smallest absolute Gasteiger partial charge is 0.0228 e. The molecule has 0 nitrogen and oxygen atoms in total. The minimum atomic E-state index is 0.924. The molecule has 2 aliphatic rings. The zero-order valence-electron chi connectivity index (χ0n) is 8.91. The highest BCUT2D eigenvalue weighted by atomic mass is 32.2. The molecular formula is C14H16S. The summed E-state index contributed by atoms with van der Waals surface area (Å²) in [6.45, 7) is 0. The van der Waals surface area contributed by atoms with Crippen molar-refractivity contribution in [3.8, 4) is 0 Å². The number of allylic oxidation sites excluding steroid dienone is 2. The van der Waals surface area contributed by atoms with Crippen LogP contribution in [0.15, 0.2) is 40.8 Å². The van der Waals surface area contributed by atoms with E-state index in [-0.39, 0.29) is 0 Å². The zero-order valence-corrected chi connectivity index (χ0v) is 9.72. The number of benzene rings is 1. The normalized spacial score (nSPS) is 23.9. The van der Waals surface area contributed by atoms with E-state index in [0.717, 1.165) is 11.7 Å². The number of hydrogen-bond acceptors (Lipinski definition) is 1. The van der Waals surface area contributed by atoms with E-state index in [9.17, 15) is 0 Å². The second kappa shape index (κ2) is 4.05. The van der Waals surface area contributed by atoms with E-state index in [1.807, 2.05) is 0 Å². The van der Waals surface area contributed by atoms with Crippen molar-refractivity contribution in [3.05, 3.63) is 46.4 Å². The fraction of sp³-hybridized carbons (Fsp3) is 0.429. The van der Waals surface area contributed by atoms with E-state index in [1.54, 1.807) is 10.5 Å². The van der Waals surface area contributed by atoms with Gasteiger partial charge in [-0.05, 0) is 29.7 Å². The Hall–Kier alpha value is -0.690. The predicted molar refractivity (Wildman–Crippen MR) is 66.7 cm³/mol. The van der Waals surface area contributed by atoms with Crippen LogP contribution in [-0.2, 0) is 5.75 Å². The van der Waals surface area contributed by atoms with Crippen molar-refractivity contribution >= 4 is 11.8 Å². The SMILES string of the molecule is c1ccc(CSC2=C3CCCCC32)cc1. The Morgan fingerprint density at radius 3 is 2.73 bits per heavy atom. The molecule has 1 aromatic carbocycles. The Morgan fingerprint density at radius 1 is 1.13 bits per heavy atom. The highest BCUT2D eigenvalue weighted by Gasteiger charge is 2.37. The van der Waals surface area contributed by atoms with Crippen LogP contribution in [0.25, 0.3) is 0 Å². The van der Waals surface area contributed by atoms with E-state index in [0.29, 0.717) is 0 Å². The van der Waals surface area contributed by atoms with E-state index in [4.69, 9.17) is 0 Å². The summed E-state index contributed by atoms with van der Waals surface area (Å²) in [4.78, 5) is 1.73. The van der Waals surface area contributed by atoms with Crippen LogP contribution in [0.1, 0.15) is 31.2 Å². The molecule has 0 heterocycles. The third kappa shape index (κ3) is 1.98. The lowest BCUT2D eigenvalue weighted by atomic mass is 10.0. The fourth-order valence-electron chi connectivity index (χ4n) is 2.49. The van der Waals surface area contributed by atoms with Crippen molar-refractivity contribution < 1.29 is 0 Å². The van der Waals surface area contributed by atoms with Gasteiger partial charge in [0.2, 0.25) is 0 Å². The molecule has 1 fully saturated rings. The van der Waals surface area contributed by atoms with Crippen molar-refractivity contribution in [2.45, 2.75) is 31.4 Å². The maximum absolute atomic E-state index is 2.23. The predicted octanol–water partition coefficient (Wildman–Crippen LogP) is 4.38.